The predicted molar refractivity (Wildman–Crippen MR) is 118 cm³/mol. The largest absolute Gasteiger partial charge is 0.325 e. The van der Waals surface area contributed by atoms with Gasteiger partial charge in [-0.05, 0) is 29.7 Å². The van der Waals surface area contributed by atoms with Crippen LogP contribution in [0.3, 0.4) is 0 Å². The number of nitrogens with zero attached hydrogens (tertiary/aromatic N) is 3. The third-order valence-corrected chi connectivity index (χ3v) is 7.18. The molecule has 30 heavy (non-hydrogen) atoms. The van der Waals surface area contributed by atoms with Crippen LogP contribution in [0.1, 0.15) is 31.2 Å². The highest BCUT2D eigenvalue weighted by atomic mass is 32.2. The number of nitrogens with one attached hydrogen (secondary N) is 1. The smallest absolute Gasteiger partial charge is 0.234 e. The number of hydrogen-bond donors (Lipinski definition) is 1. The summed E-state index contributed by atoms with van der Waals surface area (Å²) in [5.74, 6) is 0.349. The first kappa shape index (κ1) is 22.0. The molecule has 0 aliphatic heterocycles. The Morgan fingerprint density at radius 3 is 2.43 bits per heavy atom. The predicted octanol–water partition coefficient (Wildman–Crippen LogP) is 3.64. The van der Waals surface area contributed by atoms with E-state index in [1.54, 1.807) is 41.9 Å². The summed E-state index contributed by atoms with van der Waals surface area (Å²) in [6.07, 6.45) is 0. The van der Waals surface area contributed by atoms with Gasteiger partial charge in [0, 0.05) is 12.7 Å². The Labute approximate surface area is 180 Å². The Morgan fingerprint density at radius 2 is 1.73 bits per heavy atom. The molecule has 1 heterocycles. The van der Waals surface area contributed by atoms with Crippen molar-refractivity contribution in [2.45, 2.75) is 35.6 Å². The zero-order chi connectivity index (χ0) is 21.7. The maximum Gasteiger partial charge on any atom is 0.234 e. The van der Waals surface area contributed by atoms with Crippen LogP contribution in [0, 0.1) is 0 Å². The molecule has 0 aliphatic carbocycles. The topological polar surface area (TPSA) is 94.0 Å². The van der Waals surface area contributed by atoms with Crippen LogP contribution < -0.4 is 5.32 Å². The maximum atomic E-state index is 12.6. The molecule has 3 aromatic rings. The van der Waals surface area contributed by atoms with Gasteiger partial charge in [-0.3, -0.25) is 4.79 Å². The lowest BCUT2D eigenvalue weighted by molar-refractivity contribution is -0.113. The third kappa shape index (κ3) is 5.28. The Bertz CT molecular complexity index is 1130. The quantitative estimate of drug-likeness (QED) is 0.533. The molecule has 9 heteroatoms. The first-order chi connectivity index (χ1) is 14.3. The van der Waals surface area contributed by atoms with E-state index in [2.05, 4.69) is 29.4 Å². The van der Waals surface area contributed by atoms with E-state index in [-0.39, 0.29) is 22.3 Å². The third-order valence-electron chi connectivity index (χ3n) is 4.54. The fourth-order valence-corrected chi connectivity index (χ4v) is 4.97. The Balaban J connectivity index is 1.64. The molecular weight excluding hydrogens is 420 g/mol. The normalized spacial score (nSPS) is 11.6. The lowest BCUT2D eigenvalue weighted by Crippen LogP contribution is -2.16. The van der Waals surface area contributed by atoms with Gasteiger partial charge in [-0.2, -0.15) is 0 Å². The molecule has 0 aliphatic rings. The van der Waals surface area contributed by atoms with E-state index in [0.717, 1.165) is 11.3 Å². The Hall–Kier alpha value is -2.65. The molecule has 0 fully saturated rings. The average molecular weight is 445 g/mol. The van der Waals surface area contributed by atoms with Crippen LogP contribution in [0.5, 0.6) is 0 Å². The van der Waals surface area contributed by atoms with Gasteiger partial charge >= 0.3 is 0 Å². The highest BCUT2D eigenvalue weighted by molar-refractivity contribution is 7.99. The fourth-order valence-electron chi connectivity index (χ4n) is 2.91. The number of thioether (sulfide) groups is 1. The second-order valence-electron chi connectivity index (χ2n) is 7.11. The summed E-state index contributed by atoms with van der Waals surface area (Å²) in [4.78, 5) is 12.6. The lowest BCUT2D eigenvalue weighted by Gasteiger charge is -2.13. The highest BCUT2D eigenvalue weighted by Gasteiger charge is 2.20. The van der Waals surface area contributed by atoms with Crippen LogP contribution in [-0.4, -0.2) is 34.8 Å². The SMILES string of the molecule is CC(C)c1ccccc1NC(=O)CSc1nnc(CS(=O)(=O)c2ccccc2)n1C. The maximum absolute atomic E-state index is 12.6. The molecule has 7 nitrogen and oxygen atoms in total. The van der Waals surface area contributed by atoms with Crippen LogP contribution in [0.4, 0.5) is 5.69 Å². The molecule has 0 unspecified atom stereocenters. The van der Waals surface area contributed by atoms with Crippen molar-refractivity contribution in [3.8, 4) is 0 Å². The number of carbonyl (C=O) groups excluding carboxylic acids is 1. The van der Waals surface area contributed by atoms with E-state index < -0.39 is 9.84 Å². The summed E-state index contributed by atoms with van der Waals surface area (Å²) in [7, 11) is -1.82. The minimum atomic E-state index is -3.52. The van der Waals surface area contributed by atoms with Gasteiger partial charge in [0.05, 0.1) is 10.6 Å². The van der Waals surface area contributed by atoms with Crippen molar-refractivity contribution in [3.05, 3.63) is 66.0 Å². The summed E-state index contributed by atoms with van der Waals surface area (Å²) in [6, 6.07) is 16.0. The van der Waals surface area contributed by atoms with Crippen molar-refractivity contribution < 1.29 is 13.2 Å². The van der Waals surface area contributed by atoms with Gasteiger partial charge in [-0.25, -0.2) is 8.42 Å². The minimum Gasteiger partial charge on any atom is -0.325 e. The molecule has 0 saturated heterocycles. The molecule has 0 spiro atoms. The van der Waals surface area contributed by atoms with Crippen molar-refractivity contribution in [1.29, 1.82) is 0 Å². The van der Waals surface area contributed by atoms with E-state index in [1.807, 2.05) is 24.3 Å². The summed E-state index contributed by atoms with van der Waals surface area (Å²) in [5.41, 5.74) is 1.87. The second kappa shape index (κ2) is 9.44. The molecule has 1 N–H and O–H groups in total. The number of amides is 1. The van der Waals surface area contributed by atoms with Crippen molar-refractivity contribution in [2.24, 2.45) is 7.05 Å². The molecule has 0 bridgehead atoms. The van der Waals surface area contributed by atoms with Crippen molar-refractivity contribution in [3.63, 3.8) is 0 Å². The fraction of sp³-hybridized carbons (Fsp3) is 0.286. The monoisotopic (exact) mass is 444 g/mol. The van der Waals surface area contributed by atoms with E-state index in [4.69, 9.17) is 0 Å². The Morgan fingerprint density at radius 1 is 1.07 bits per heavy atom. The second-order valence-corrected chi connectivity index (χ2v) is 10.0. The van der Waals surface area contributed by atoms with E-state index in [9.17, 15) is 13.2 Å². The number of sulfone groups is 1. The zero-order valence-electron chi connectivity index (χ0n) is 17.1. The number of anilines is 1. The van der Waals surface area contributed by atoms with E-state index in [1.165, 1.54) is 11.8 Å². The standard InChI is InChI=1S/C21H24N4O3S2/c1-15(2)17-11-7-8-12-18(17)22-20(26)13-29-21-24-23-19(25(21)3)14-30(27,28)16-9-5-4-6-10-16/h4-12,15H,13-14H2,1-3H3,(H,22,26). The van der Waals surface area contributed by atoms with E-state index >= 15 is 0 Å². The van der Waals surface area contributed by atoms with Crippen LogP contribution in [0.2, 0.25) is 0 Å². The van der Waals surface area contributed by atoms with Gasteiger partial charge in [0.25, 0.3) is 0 Å². The lowest BCUT2D eigenvalue weighted by atomic mass is 10.0. The van der Waals surface area contributed by atoms with E-state index in [0.29, 0.717) is 16.9 Å². The van der Waals surface area contributed by atoms with Gasteiger partial charge in [0.15, 0.2) is 15.0 Å². The highest BCUT2D eigenvalue weighted by Crippen LogP contribution is 2.24. The average Bonchev–Trinajstić information content (AvgIpc) is 3.06. The Kier molecular flexibility index (Phi) is 6.94. The van der Waals surface area contributed by atoms with Crippen LogP contribution >= 0.6 is 11.8 Å². The van der Waals surface area contributed by atoms with Crippen molar-refractivity contribution >= 4 is 33.2 Å². The molecule has 1 aromatic heterocycles. The summed E-state index contributed by atoms with van der Waals surface area (Å²) < 4.78 is 26.7. The summed E-state index contributed by atoms with van der Waals surface area (Å²) in [5, 5.41) is 11.5. The molecule has 3 rings (SSSR count). The van der Waals surface area contributed by atoms with Gasteiger partial charge < -0.3 is 9.88 Å². The number of aromatic nitrogens is 3. The first-order valence-electron chi connectivity index (χ1n) is 9.45. The molecule has 158 valence electrons. The number of rotatable bonds is 8. The molecule has 1 amide bonds. The number of benzene rings is 2. The van der Waals surface area contributed by atoms with Crippen LogP contribution in [0.25, 0.3) is 0 Å². The van der Waals surface area contributed by atoms with Crippen molar-refractivity contribution in [2.75, 3.05) is 11.1 Å². The minimum absolute atomic E-state index is 0.143. The van der Waals surface area contributed by atoms with Gasteiger partial charge in [-0.15, -0.1) is 10.2 Å². The van der Waals surface area contributed by atoms with Crippen LogP contribution in [-0.2, 0) is 27.4 Å². The molecular formula is C21H24N4O3S2. The molecule has 2 aromatic carbocycles. The summed E-state index contributed by atoms with van der Waals surface area (Å²) in [6.45, 7) is 4.15. The molecule has 0 atom stereocenters. The first-order valence-corrected chi connectivity index (χ1v) is 12.1. The van der Waals surface area contributed by atoms with Gasteiger partial charge in [0.2, 0.25) is 5.91 Å². The van der Waals surface area contributed by atoms with Gasteiger partial charge in [-0.1, -0.05) is 62.0 Å². The number of hydrogen-bond acceptors (Lipinski definition) is 6. The number of para-hydroxylation sites is 1. The number of carbonyl (C=O) groups is 1. The summed E-state index contributed by atoms with van der Waals surface area (Å²) >= 11 is 1.21. The molecule has 0 saturated carbocycles. The molecule has 0 radical (unpaired) electrons. The zero-order valence-corrected chi connectivity index (χ0v) is 18.7. The van der Waals surface area contributed by atoms with Gasteiger partial charge in [0.1, 0.15) is 11.6 Å². The van der Waals surface area contributed by atoms with Crippen molar-refractivity contribution in [1.82, 2.24) is 14.8 Å². The van der Waals surface area contributed by atoms with Crippen LogP contribution in [0.15, 0.2) is 64.6 Å².